The lowest BCUT2D eigenvalue weighted by Crippen LogP contribution is -2.51. The van der Waals surface area contributed by atoms with Crippen LogP contribution in [0.2, 0.25) is 0 Å². The Morgan fingerprint density at radius 2 is 1.69 bits per heavy atom. The molecule has 16 heavy (non-hydrogen) atoms. The Bertz CT molecular complexity index is 339. The van der Waals surface area contributed by atoms with Gasteiger partial charge in [0, 0.05) is 36.2 Å². The van der Waals surface area contributed by atoms with Crippen molar-refractivity contribution in [1.29, 1.82) is 0 Å². The van der Waals surface area contributed by atoms with E-state index < -0.39 is 0 Å². The van der Waals surface area contributed by atoms with E-state index in [1.807, 2.05) is 0 Å². The summed E-state index contributed by atoms with van der Waals surface area (Å²) in [5.41, 5.74) is 1.51. The van der Waals surface area contributed by atoms with Crippen LogP contribution in [0.5, 0.6) is 0 Å². The lowest BCUT2D eigenvalue weighted by Gasteiger charge is -2.41. The average molecular weight is 283 g/mol. The van der Waals surface area contributed by atoms with Crippen molar-refractivity contribution in [3.8, 4) is 0 Å². The van der Waals surface area contributed by atoms with E-state index in [-0.39, 0.29) is 5.54 Å². The van der Waals surface area contributed by atoms with Crippen LogP contribution in [-0.4, -0.2) is 31.1 Å². The van der Waals surface area contributed by atoms with Gasteiger partial charge in [-0.25, -0.2) is 0 Å². The summed E-state index contributed by atoms with van der Waals surface area (Å²) in [4.78, 5) is 2.55. The minimum absolute atomic E-state index is 0.128. The highest BCUT2D eigenvalue weighted by molar-refractivity contribution is 9.10. The fourth-order valence-electron chi connectivity index (χ4n) is 2.26. The third-order valence-corrected chi connectivity index (χ3v) is 3.99. The molecule has 1 fully saturated rings. The van der Waals surface area contributed by atoms with Gasteiger partial charge in [0.2, 0.25) is 0 Å². The van der Waals surface area contributed by atoms with Crippen molar-refractivity contribution in [2.45, 2.75) is 19.4 Å². The van der Waals surface area contributed by atoms with Gasteiger partial charge in [0.25, 0.3) is 0 Å². The van der Waals surface area contributed by atoms with E-state index in [0.29, 0.717) is 0 Å². The molecule has 1 aromatic carbocycles. The van der Waals surface area contributed by atoms with Crippen molar-refractivity contribution in [3.63, 3.8) is 0 Å². The molecule has 0 aliphatic carbocycles. The molecule has 0 bridgehead atoms. The first-order valence-electron chi connectivity index (χ1n) is 5.82. The molecule has 0 radical (unpaired) electrons. The fraction of sp³-hybridized carbons (Fsp3) is 0.538. The van der Waals surface area contributed by atoms with Crippen molar-refractivity contribution in [2.24, 2.45) is 0 Å². The first-order chi connectivity index (χ1) is 7.60. The number of piperazine rings is 1. The van der Waals surface area contributed by atoms with Crippen LogP contribution in [0.1, 0.15) is 19.4 Å². The summed E-state index contributed by atoms with van der Waals surface area (Å²) in [5.74, 6) is 0. The van der Waals surface area contributed by atoms with Crippen LogP contribution in [0.4, 0.5) is 0 Å². The van der Waals surface area contributed by atoms with E-state index in [4.69, 9.17) is 0 Å². The average Bonchev–Trinajstić information content (AvgIpc) is 2.31. The zero-order valence-corrected chi connectivity index (χ0v) is 11.5. The topological polar surface area (TPSA) is 15.3 Å². The van der Waals surface area contributed by atoms with Gasteiger partial charge in [0.05, 0.1) is 0 Å². The molecule has 2 nitrogen and oxygen atoms in total. The Morgan fingerprint density at radius 1 is 1.12 bits per heavy atom. The van der Waals surface area contributed by atoms with Crippen molar-refractivity contribution >= 4 is 15.9 Å². The molecule has 0 aromatic heterocycles. The molecule has 88 valence electrons. The van der Waals surface area contributed by atoms with E-state index in [9.17, 15) is 0 Å². The molecule has 1 aromatic rings. The Labute approximate surface area is 106 Å². The fourth-order valence-corrected chi connectivity index (χ4v) is 2.53. The van der Waals surface area contributed by atoms with E-state index >= 15 is 0 Å². The zero-order chi connectivity index (χ0) is 11.6. The van der Waals surface area contributed by atoms with Crippen LogP contribution in [0.3, 0.4) is 0 Å². The highest BCUT2D eigenvalue weighted by Gasteiger charge is 2.29. The molecule has 2 rings (SSSR count). The molecule has 1 heterocycles. The summed E-state index contributed by atoms with van der Waals surface area (Å²) in [5, 5.41) is 3.40. The molecule has 0 unspecified atom stereocenters. The quantitative estimate of drug-likeness (QED) is 0.897. The highest BCUT2D eigenvalue weighted by atomic mass is 79.9. The maximum absolute atomic E-state index is 3.48. The number of nitrogens with one attached hydrogen (secondary N) is 1. The van der Waals surface area contributed by atoms with Crippen LogP contribution in [0, 0.1) is 0 Å². The minimum atomic E-state index is 0.128. The highest BCUT2D eigenvalue weighted by Crippen LogP contribution is 2.28. The van der Waals surface area contributed by atoms with Gasteiger partial charge in [-0.05, 0) is 31.5 Å². The standard InChI is InChI=1S/C13H19BrN2/c1-13(2,16-9-7-15-8-10-16)11-3-5-12(14)6-4-11/h3-6,15H,7-10H2,1-2H3. The molecule has 0 amide bonds. The second-order valence-electron chi connectivity index (χ2n) is 4.80. The largest absolute Gasteiger partial charge is 0.314 e. The number of nitrogens with zero attached hydrogens (tertiary/aromatic N) is 1. The summed E-state index contributed by atoms with van der Waals surface area (Å²) in [7, 11) is 0. The van der Waals surface area contributed by atoms with Gasteiger partial charge in [-0.3, -0.25) is 4.90 Å². The SMILES string of the molecule is CC(C)(c1ccc(Br)cc1)N1CCNCC1. The van der Waals surface area contributed by atoms with Gasteiger partial charge in [-0.1, -0.05) is 28.1 Å². The summed E-state index contributed by atoms with van der Waals surface area (Å²) in [6.45, 7) is 9.06. The minimum Gasteiger partial charge on any atom is -0.314 e. The van der Waals surface area contributed by atoms with E-state index in [1.54, 1.807) is 0 Å². The Kier molecular flexibility index (Phi) is 3.67. The first-order valence-corrected chi connectivity index (χ1v) is 6.62. The Hall–Kier alpha value is -0.380. The van der Waals surface area contributed by atoms with Gasteiger partial charge in [-0.15, -0.1) is 0 Å². The van der Waals surface area contributed by atoms with Crippen molar-refractivity contribution in [1.82, 2.24) is 10.2 Å². The van der Waals surface area contributed by atoms with Gasteiger partial charge >= 0.3 is 0 Å². The molecule has 1 aliphatic heterocycles. The molecule has 3 heteroatoms. The maximum Gasteiger partial charge on any atom is 0.0405 e. The van der Waals surface area contributed by atoms with Crippen molar-refractivity contribution < 1.29 is 0 Å². The van der Waals surface area contributed by atoms with Gasteiger partial charge in [-0.2, -0.15) is 0 Å². The van der Waals surface area contributed by atoms with Crippen LogP contribution in [-0.2, 0) is 5.54 Å². The summed E-state index contributed by atoms with van der Waals surface area (Å²) in [6.07, 6.45) is 0. The monoisotopic (exact) mass is 282 g/mol. The lowest BCUT2D eigenvalue weighted by atomic mass is 9.91. The molecule has 1 N–H and O–H groups in total. The third-order valence-electron chi connectivity index (χ3n) is 3.46. The van der Waals surface area contributed by atoms with E-state index in [0.717, 1.165) is 30.7 Å². The maximum atomic E-state index is 3.48. The third kappa shape index (κ3) is 2.47. The van der Waals surface area contributed by atoms with Crippen LogP contribution in [0.15, 0.2) is 28.7 Å². The number of halogens is 1. The Balaban J connectivity index is 2.19. The van der Waals surface area contributed by atoms with Crippen molar-refractivity contribution in [2.75, 3.05) is 26.2 Å². The summed E-state index contributed by atoms with van der Waals surface area (Å²) < 4.78 is 1.15. The lowest BCUT2D eigenvalue weighted by molar-refractivity contribution is 0.102. The number of hydrogen-bond acceptors (Lipinski definition) is 2. The molecule has 0 atom stereocenters. The molecule has 1 aliphatic rings. The molecular formula is C13H19BrN2. The predicted molar refractivity (Wildman–Crippen MR) is 71.6 cm³/mol. The van der Waals surface area contributed by atoms with E-state index in [1.165, 1.54) is 5.56 Å². The van der Waals surface area contributed by atoms with Gasteiger partial charge in [0.1, 0.15) is 0 Å². The second kappa shape index (κ2) is 4.86. The normalized spacial score (nSPS) is 18.7. The number of rotatable bonds is 2. The zero-order valence-electron chi connectivity index (χ0n) is 9.96. The number of hydrogen-bond donors (Lipinski definition) is 1. The summed E-state index contributed by atoms with van der Waals surface area (Å²) >= 11 is 3.48. The summed E-state index contributed by atoms with van der Waals surface area (Å²) in [6, 6.07) is 8.68. The molecular weight excluding hydrogens is 264 g/mol. The van der Waals surface area contributed by atoms with E-state index in [2.05, 4.69) is 64.3 Å². The van der Waals surface area contributed by atoms with Crippen molar-refractivity contribution in [3.05, 3.63) is 34.3 Å². The molecule has 0 saturated carbocycles. The molecule has 0 spiro atoms. The van der Waals surface area contributed by atoms with Crippen LogP contribution in [0.25, 0.3) is 0 Å². The van der Waals surface area contributed by atoms with Crippen LogP contribution >= 0.6 is 15.9 Å². The number of benzene rings is 1. The molecule has 1 saturated heterocycles. The van der Waals surface area contributed by atoms with Crippen LogP contribution < -0.4 is 5.32 Å². The van der Waals surface area contributed by atoms with Gasteiger partial charge in [0.15, 0.2) is 0 Å². The first kappa shape index (κ1) is 12.1. The second-order valence-corrected chi connectivity index (χ2v) is 5.72. The Morgan fingerprint density at radius 3 is 2.25 bits per heavy atom. The van der Waals surface area contributed by atoms with Gasteiger partial charge < -0.3 is 5.32 Å². The smallest absolute Gasteiger partial charge is 0.0405 e. The predicted octanol–water partition coefficient (Wildman–Crippen LogP) is 2.59.